The van der Waals surface area contributed by atoms with Gasteiger partial charge in [0.25, 0.3) is 5.91 Å². The van der Waals surface area contributed by atoms with Crippen molar-refractivity contribution in [1.29, 1.82) is 0 Å². The van der Waals surface area contributed by atoms with E-state index in [9.17, 15) is 13.2 Å². The molecule has 0 saturated carbocycles. The molecule has 1 aliphatic rings. The minimum Gasteiger partial charge on any atom is -0.496 e. The first-order chi connectivity index (χ1) is 16.7. The van der Waals surface area contributed by atoms with Crippen LogP contribution in [0.1, 0.15) is 37.6 Å². The van der Waals surface area contributed by atoms with Crippen LogP contribution in [0.3, 0.4) is 0 Å². The molecular formula is C26H33N3O5S. The Bertz CT molecular complexity index is 1300. The summed E-state index contributed by atoms with van der Waals surface area (Å²) in [6.45, 7) is 7.51. The number of morpholine rings is 1. The van der Waals surface area contributed by atoms with Gasteiger partial charge < -0.3 is 19.4 Å². The lowest BCUT2D eigenvalue weighted by Crippen LogP contribution is -2.41. The third kappa shape index (κ3) is 5.22. The second-order valence-electron chi connectivity index (χ2n) is 9.28. The van der Waals surface area contributed by atoms with Gasteiger partial charge in [-0.15, -0.1) is 0 Å². The Morgan fingerprint density at radius 3 is 2.54 bits per heavy atom. The zero-order chi connectivity index (χ0) is 25.2. The monoisotopic (exact) mass is 499 g/mol. The predicted molar refractivity (Wildman–Crippen MR) is 137 cm³/mol. The number of rotatable bonds is 8. The highest BCUT2D eigenvalue weighted by molar-refractivity contribution is 7.89. The molecule has 8 nitrogen and oxygen atoms in total. The lowest BCUT2D eigenvalue weighted by Gasteiger charge is -2.31. The van der Waals surface area contributed by atoms with Crippen LogP contribution in [0.4, 0.5) is 5.69 Å². The summed E-state index contributed by atoms with van der Waals surface area (Å²) in [7, 11) is -2.29. The van der Waals surface area contributed by atoms with Crippen LogP contribution >= 0.6 is 0 Å². The number of hydrogen-bond donors (Lipinski definition) is 1. The Morgan fingerprint density at radius 2 is 1.86 bits per heavy atom. The van der Waals surface area contributed by atoms with Crippen LogP contribution in [0.15, 0.2) is 53.6 Å². The molecular weight excluding hydrogens is 466 g/mol. The second kappa shape index (κ2) is 10.4. The third-order valence-corrected chi connectivity index (χ3v) is 8.19. The van der Waals surface area contributed by atoms with Crippen LogP contribution in [0.25, 0.3) is 10.9 Å². The number of ether oxygens (including phenoxy) is 2. The van der Waals surface area contributed by atoms with E-state index in [1.165, 1.54) is 23.5 Å². The number of hydrogen-bond acceptors (Lipinski definition) is 5. The molecule has 4 rings (SSSR count). The number of aromatic nitrogens is 1. The Balaban J connectivity index is 1.78. The summed E-state index contributed by atoms with van der Waals surface area (Å²) in [5, 5.41) is 0.993. The summed E-state index contributed by atoms with van der Waals surface area (Å²) in [4.78, 5) is 19.1. The zero-order valence-corrected chi connectivity index (χ0v) is 21.5. The van der Waals surface area contributed by atoms with E-state index in [1.54, 1.807) is 11.0 Å². The Labute approximate surface area is 206 Å². The number of H-pyrrole nitrogens is 1. The van der Waals surface area contributed by atoms with Crippen molar-refractivity contribution in [3.05, 3.63) is 54.2 Å². The number of nitrogens with one attached hydrogen (secondary N) is 1. The van der Waals surface area contributed by atoms with Gasteiger partial charge in [0.2, 0.25) is 10.0 Å². The normalized spacial score (nSPS) is 15.9. The summed E-state index contributed by atoms with van der Waals surface area (Å²) in [5.41, 5.74) is 1.94. The molecule has 1 amide bonds. The zero-order valence-electron chi connectivity index (χ0n) is 20.7. The molecule has 1 unspecified atom stereocenters. The maximum Gasteiger partial charge on any atom is 0.262 e. The van der Waals surface area contributed by atoms with Gasteiger partial charge in [0, 0.05) is 41.9 Å². The Morgan fingerprint density at radius 1 is 1.11 bits per heavy atom. The van der Waals surface area contributed by atoms with Crippen molar-refractivity contribution >= 4 is 32.5 Å². The number of fused-ring (bicyclic) bond motifs is 1. The lowest BCUT2D eigenvalue weighted by atomic mass is 10.0. The van der Waals surface area contributed by atoms with Crippen molar-refractivity contribution in [2.45, 2.75) is 38.1 Å². The maximum atomic E-state index is 14.1. The number of carbonyl (C=O) groups excluding carboxylic acids is 1. The highest BCUT2D eigenvalue weighted by Gasteiger charge is 2.31. The summed E-state index contributed by atoms with van der Waals surface area (Å²) < 4.78 is 38.8. The van der Waals surface area contributed by atoms with Crippen LogP contribution in [0.5, 0.6) is 5.75 Å². The topological polar surface area (TPSA) is 91.9 Å². The molecule has 0 aliphatic carbocycles. The number of methoxy groups -OCH3 is 1. The maximum absolute atomic E-state index is 14.1. The average molecular weight is 500 g/mol. The van der Waals surface area contributed by atoms with E-state index in [0.29, 0.717) is 24.9 Å². The smallest absolute Gasteiger partial charge is 0.262 e. The molecule has 1 aromatic heterocycles. The van der Waals surface area contributed by atoms with Crippen molar-refractivity contribution in [1.82, 2.24) is 9.29 Å². The van der Waals surface area contributed by atoms with E-state index in [1.807, 2.05) is 37.4 Å². The molecule has 1 N–H and O–H groups in total. The molecule has 2 aromatic carbocycles. The number of aromatic amines is 1. The lowest BCUT2D eigenvalue weighted by molar-refractivity contribution is 0.0730. The molecule has 9 heteroatoms. The summed E-state index contributed by atoms with van der Waals surface area (Å²) >= 11 is 0. The van der Waals surface area contributed by atoms with E-state index >= 15 is 0 Å². The van der Waals surface area contributed by atoms with Gasteiger partial charge in [0.15, 0.2) is 0 Å². The van der Waals surface area contributed by atoms with Crippen LogP contribution in [0, 0.1) is 5.92 Å². The van der Waals surface area contributed by atoms with Crippen LogP contribution in [-0.2, 0) is 14.8 Å². The molecule has 1 aliphatic heterocycles. The van der Waals surface area contributed by atoms with Crippen molar-refractivity contribution in [3.63, 3.8) is 0 Å². The van der Waals surface area contributed by atoms with Gasteiger partial charge in [-0.25, -0.2) is 8.42 Å². The molecule has 1 atom stereocenters. The van der Waals surface area contributed by atoms with Gasteiger partial charge in [-0.3, -0.25) is 4.79 Å². The van der Waals surface area contributed by atoms with Gasteiger partial charge >= 0.3 is 0 Å². The standard InChI is InChI=1S/C26H33N3O5S/c1-18(2)15-19(3)29(21-5-7-24-20(16-21)9-10-27-24)26(30)23-17-22(6-8-25(23)33-4)35(31,32)28-11-13-34-14-12-28/h5-10,16-19,27H,11-15H2,1-4H3. The van der Waals surface area contributed by atoms with Crippen molar-refractivity contribution < 1.29 is 22.7 Å². The molecule has 0 spiro atoms. The van der Waals surface area contributed by atoms with Crippen LogP contribution in [0.2, 0.25) is 0 Å². The van der Waals surface area contributed by atoms with E-state index in [-0.39, 0.29) is 35.5 Å². The SMILES string of the molecule is COc1ccc(S(=O)(=O)N2CCOCC2)cc1C(=O)N(c1ccc2[nH]ccc2c1)C(C)CC(C)C. The van der Waals surface area contributed by atoms with Gasteiger partial charge in [0.1, 0.15) is 5.75 Å². The first-order valence-corrected chi connectivity index (χ1v) is 13.3. The summed E-state index contributed by atoms with van der Waals surface area (Å²) in [5.74, 6) is 0.399. The fourth-order valence-corrected chi connectivity index (χ4v) is 6.07. The molecule has 0 bridgehead atoms. The minimum absolute atomic E-state index is 0.0705. The van der Waals surface area contributed by atoms with E-state index in [0.717, 1.165) is 23.0 Å². The predicted octanol–water partition coefficient (Wildman–Crippen LogP) is 4.28. The van der Waals surface area contributed by atoms with Gasteiger partial charge in [-0.05, 0) is 61.7 Å². The van der Waals surface area contributed by atoms with Crippen molar-refractivity contribution in [2.75, 3.05) is 38.3 Å². The molecule has 1 fully saturated rings. The minimum atomic E-state index is -3.77. The number of benzene rings is 2. The van der Waals surface area contributed by atoms with Gasteiger partial charge in [-0.1, -0.05) is 13.8 Å². The molecule has 2 heterocycles. The number of nitrogens with zero attached hydrogens (tertiary/aromatic N) is 2. The number of anilines is 1. The first kappa shape index (κ1) is 25.2. The molecule has 3 aromatic rings. The molecule has 35 heavy (non-hydrogen) atoms. The average Bonchev–Trinajstić information content (AvgIpc) is 3.32. The summed E-state index contributed by atoms with van der Waals surface area (Å²) in [6, 6.07) is 12.2. The van der Waals surface area contributed by atoms with Crippen molar-refractivity contribution in [3.8, 4) is 5.75 Å². The van der Waals surface area contributed by atoms with E-state index in [2.05, 4.69) is 18.8 Å². The Kier molecular flexibility index (Phi) is 7.49. The summed E-state index contributed by atoms with van der Waals surface area (Å²) in [6.07, 6.45) is 2.64. The van der Waals surface area contributed by atoms with Crippen molar-refractivity contribution in [2.24, 2.45) is 5.92 Å². The van der Waals surface area contributed by atoms with Crippen LogP contribution < -0.4 is 9.64 Å². The number of amides is 1. The highest BCUT2D eigenvalue weighted by Crippen LogP contribution is 2.31. The molecule has 0 radical (unpaired) electrons. The largest absolute Gasteiger partial charge is 0.496 e. The first-order valence-electron chi connectivity index (χ1n) is 11.9. The number of carbonyl (C=O) groups is 1. The fraction of sp³-hybridized carbons (Fsp3) is 0.423. The quantitative estimate of drug-likeness (QED) is 0.500. The van der Waals surface area contributed by atoms with Gasteiger partial charge in [-0.2, -0.15) is 4.31 Å². The molecule has 1 saturated heterocycles. The third-order valence-electron chi connectivity index (χ3n) is 6.30. The van der Waals surface area contributed by atoms with E-state index < -0.39 is 10.0 Å². The van der Waals surface area contributed by atoms with Crippen LogP contribution in [-0.4, -0.2) is 63.1 Å². The number of sulfonamides is 1. The second-order valence-corrected chi connectivity index (χ2v) is 11.2. The molecule has 188 valence electrons. The highest BCUT2D eigenvalue weighted by atomic mass is 32.2. The van der Waals surface area contributed by atoms with Gasteiger partial charge in [0.05, 0.1) is 30.8 Å². The van der Waals surface area contributed by atoms with E-state index in [4.69, 9.17) is 9.47 Å². The fourth-order valence-electron chi connectivity index (χ4n) is 4.63. The Hall–Kier alpha value is -2.88.